The highest BCUT2D eigenvalue weighted by Gasteiger charge is 2.25. The van der Waals surface area contributed by atoms with Crippen molar-refractivity contribution < 1.29 is 14.3 Å². The quantitative estimate of drug-likeness (QED) is 0.857. The third-order valence-corrected chi connectivity index (χ3v) is 3.51. The normalized spacial score (nSPS) is 16.3. The molecule has 1 amide bonds. The first-order valence-electron chi connectivity index (χ1n) is 7.38. The second kappa shape index (κ2) is 6.93. The fraction of sp³-hybridized carbons (Fsp3) is 0.294. The third-order valence-electron chi connectivity index (χ3n) is 3.51. The highest BCUT2D eigenvalue weighted by atomic mass is 16.5. The summed E-state index contributed by atoms with van der Waals surface area (Å²) in [6.07, 6.45) is 4.47. The Morgan fingerprint density at radius 2 is 2.23 bits per heavy atom. The Balaban J connectivity index is 1.43. The second-order valence-corrected chi connectivity index (χ2v) is 5.08. The van der Waals surface area contributed by atoms with Gasteiger partial charge >= 0.3 is 0 Å². The van der Waals surface area contributed by atoms with Crippen LogP contribution in [0.25, 0.3) is 0 Å². The van der Waals surface area contributed by atoms with E-state index in [-0.39, 0.29) is 5.91 Å². The molecule has 2 heterocycles. The molecule has 5 nitrogen and oxygen atoms in total. The summed E-state index contributed by atoms with van der Waals surface area (Å²) in [6.45, 7) is 0.843. The lowest BCUT2D eigenvalue weighted by Crippen LogP contribution is -2.41. The number of rotatable bonds is 5. The molecule has 114 valence electrons. The van der Waals surface area contributed by atoms with Crippen molar-refractivity contribution in [2.24, 2.45) is 0 Å². The minimum atomic E-state index is -0.423. The first-order valence-corrected chi connectivity index (χ1v) is 7.38. The number of nitrogens with one attached hydrogen (secondary N) is 1. The number of ether oxygens (including phenoxy) is 2. The summed E-state index contributed by atoms with van der Waals surface area (Å²) in [6, 6.07) is 11.5. The molecule has 5 heteroatoms. The largest absolute Gasteiger partial charge is 0.490 e. The van der Waals surface area contributed by atoms with Crippen molar-refractivity contribution in [1.82, 2.24) is 10.3 Å². The van der Waals surface area contributed by atoms with Crippen LogP contribution in [0.2, 0.25) is 0 Å². The topological polar surface area (TPSA) is 60.5 Å². The molecule has 1 aromatic carbocycles. The van der Waals surface area contributed by atoms with Gasteiger partial charge in [0, 0.05) is 6.20 Å². The highest BCUT2D eigenvalue weighted by Crippen LogP contribution is 2.26. The number of aromatic nitrogens is 1. The average molecular weight is 298 g/mol. The number of hydrogen-bond acceptors (Lipinski definition) is 4. The fourth-order valence-electron chi connectivity index (χ4n) is 2.40. The van der Waals surface area contributed by atoms with Crippen molar-refractivity contribution in [1.29, 1.82) is 0 Å². The Morgan fingerprint density at radius 1 is 1.32 bits per heavy atom. The molecule has 1 aromatic heterocycles. The fourth-order valence-corrected chi connectivity index (χ4v) is 2.40. The van der Waals surface area contributed by atoms with Gasteiger partial charge in [-0.25, -0.2) is 0 Å². The van der Waals surface area contributed by atoms with Crippen LogP contribution >= 0.6 is 0 Å². The van der Waals surface area contributed by atoms with Crippen molar-refractivity contribution in [2.45, 2.75) is 18.9 Å². The predicted molar refractivity (Wildman–Crippen MR) is 81.9 cm³/mol. The Morgan fingerprint density at radius 3 is 3.09 bits per heavy atom. The minimum absolute atomic E-state index is 0.0933. The molecule has 0 saturated carbocycles. The lowest BCUT2D eigenvalue weighted by Gasteiger charge is -2.25. The maximum atomic E-state index is 12.1. The zero-order chi connectivity index (χ0) is 15.2. The number of benzene rings is 1. The standard InChI is InChI=1S/C17H18N2O3/c20-17(19-10-11-21-14-5-3-9-18-12-14)16-8-7-13-4-1-2-6-15(13)22-16/h1-6,9,12,16H,7-8,10-11H2,(H,19,20). The summed E-state index contributed by atoms with van der Waals surface area (Å²) in [5.74, 6) is 1.41. The summed E-state index contributed by atoms with van der Waals surface area (Å²) >= 11 is 0. The molecule has 0 aliphatic carbocycles. The van der Waals surface area contributed by atoms with E-state index in [9.17, 15) is 4.79 Å². The van der Waals surface area contributed by atoms with Crippen molar-refractivity contribution in [3.8, 4) is 11.5 Å². The van der Waals surface area contributed by atoms with E-state index in [2.05, 4.69) is 10.3 Å². The van der Waals surface area contributed by atoms with Gasteiger partial charge in [-0.2, -0.15) is 0 Å². The maximum absolute atomic E-state index is 12.1. The van der Waals surface area contributed by atoms with E-state index >= 15 is 0 Å². The molecule has 22 heavy (non-hydrogen) atoms. The highest BCUT2D eigenvalue weighted by molar-refractivity contribution is 5.81. The van der Waals surface area contributed by atoms with Gasteiger partial charge in [0.05, 0.1) is 12.7 Å². The molecule has 3 rings (SSSR count). The molecule has 1 unspecified atom stereocenters. The number of hydrogen-bond donors (Lipinski definition) is 1. The summed E-state index contributed by atoms with van der Waals surface area (Å²) in [5, 5.41) is 2.84. The molecule has 1 N–H and O–H groups in total. The number of nitrogens with zero attached hydrogens (tertiary/aromatic N) is 1. The molecule has 0 saturated heterocycles. The van der Waals surface area contributed by atoms with Gasteiger partial charge in [-0.3, -0.25) is 9.78 Å². The van der Waals surface area contributed by atoms with Crippen LogP contribution in [0.5, 0.6) is 11.5 Å². The molecule has 2 aromatic rings. The summed E-state index contributed by atoms with van der Waals surface area (Å²) in [4.78, 5) is 16.1. The molecule has 0 fully saturated rings. The van der Waals surface area contributed by atoms with Gasteiger partial charge in [0.2, 0.25) is 0 Å². The van der Waals surface area contributed by atoms with E-state index < -0.39 is 6.10 Å². The Labute approximate surface area is 129 Å². The molecule has 0 radical (unpaired) electrons. The monoisotopic (exact) mass is 298 g/mol. The summed E-state index contributed by atoms with van der Waals surface area (Å²) in [7, 11) is 0. The molecule has 1 atom stereocenters. The number of para-hydroxylation sites is 1. The van der Waals surface area contributed by atoms with Gasteiger partial charge in [0.15, 0.2) is 6.10 Å². The van der Waals surface area contributed by atoms with E-state index in [0.717, 1.165) is 17.7 Å². The zero-order valence-electron chi connectivity index (χ0n) is 12.2. The van der Waals surface area contributed by atoms with E-state index in [1.165, 1.54) is 0 Å². The zero-order valence-corrected chi connectivity index (χ0v) is 12.2. The predicted octanol–water partition coefficient (Wildman–Crippen LogP) is 1.97. The number of carbonyl (C=O) groups is 1. The van der Waals surface area contributed by atoms with Crippen LogP contribution in [0.4, 0.5) is 0 Å². The van der Waals surface area contributed by atoms with Gasteiger partial charge in [-0.15, -0.1) is 0 Å². The molecule has 0 bridgehead atoms. The minimum Gasteiger partial charge on any atom is -0.490 e. The van der Waals surface area contributed by atoms with Crippen LogP contribution in [0.3, 0.4) is 0 Å². The Bertz CT molecular complexity index is 631. The maximum Gasteiger partial charge on any atom is 0.261 e. The van der Waals surface area contributed by atoms with Crippen LogP contribution < -0.4 is 14.8 Å². The molecule has 1 aliphatic heterocycles. The lowest BCUT2D eigenvalue weighted by atomic mass is 10.0. The summed E-state index contributed by atoms with van der Waals surface area (Å²) in [5.41, 5.74) is 1.16. The SMILES string of the molecule is O=C(NCCOc1cccnc1)C1CCc2ccccc2O1. The van der Waals surface area contributed by atoms with E-state index in [1.54, 1.807) is 18.5 Å². The van der Waals surface area contributed by atoms with Crippen molar-refractivity contribution >= 4 is 5.91 Å². The van der Waals surface area contributed by atoms with Crippen LogP contribution in [-0.4, -0.2) is 30.1 Å². The number of carbonyl (C=O) groups excluding carboxylic acids is 1. The first-order chi connectivity index (χ1) is 10.8. The van der Waals surface area contributed by atoms with Gasteiger partial charge in [0.1, 0.15) is 18.1 Å². The van der Waals surface area contributed by atoms with Gasteiger partial charge in [-0.05, 0) is 36.6 Å². The lowest BCUT2D eigenvalue weighted by molar-refractivity contribution is -0.128. The van der Waals surface area contributed by atoms with E-state index in [0.29, 0.717) is 25.3 Å². The molecule has 1 aliphatic rings. The second-order valence-electron chi connectivity index (χ2n) is 5.08. The van der Waals surface area contributed by atoms with Crippen LogP contribution in [0, 0.1) is 0 Å². The third kappa shape index (κ3) is 3.55. The number of fused-ring (bicyclic) bond motifs is 1. The number of aryl methyl sites for hydroxylation is 1. The number of pyridine rings is 1. The van der Waals surface area contributed by atoms with Gasteiger partial charge in [0.25, 0.3) is 5.91 Å². The van der Waals surface area contributed by atoms with Crippen molar-refractivity contribution in [3.05, 3.63) is 54.4 Å². The smallest absolute Gasteiger partial charge is 0.261 e. The Kier molecular flexibility index (Phi) is 4.53. The average Bonchev–Trinajstić information content (AvgIpc) is 2.59. The van der Waals surface area contributed by atoms with Crippen LogP contribution in [0.15, 0.2) is 48.8 Å². The van der Waals surface area contributed by atoms with Crippen LogP contribution in [-0.2, 0) is 11.2 Å². The van der Waals surface area contributed by atoms with Crippen molar-refractivity contribution in [2.75, 3.05) is 13.2 Å². The Hall–Kier alpha value is -2.56. The van der Waals surface area contributed by atoms with E-state index in [4.69, 9.17) is 9.47 Å². The molecular formula is C17H18N2O3. The van der Waals surface area contributed by atoms with Crippen molar-refractivity contribution in [3.63, 3.8) is 0 Å². The van der Waals surface area contributed by atoms with Crippen LogP contribution in [0.1, 0.15) is 12.0 Å². The summed E-state index contributed by atoms with van der Waals surface area (Å²) < 4.78 is 11.2. The molecular weight excluding hydrogens is 280 g/mol. The van der Waals surface area contributed by atoms with Gasteiger partial charge in [-0.1, -0.05) is 18.2 Å². The molecule has 0 spiro atoms. The number of amides is 1. The van der Waals surface area contributed by atoms with E-state index in [1.807, 2.05) is 30.3 Å². The first kappa shape index (κ1) is 14.4. The van der Waals surface area contributed by atoms with Gasteiger partial charge < -0.3 is 14.8 Å².